The van der Waals surface area contributed by atoms with Crippen molar-refractivity contribution in [3.05, 3.63) is 101 Å². The summed E-state index contributed by atoms with van der Waals surface area (Å²) in [5.41, 5.74) is 4.34. The molecule has 1 unspecified atom stereocenters. The number of benzene rings is 2. The molecule has 1 atom stereocenters. The van der Waals surface area contributed by atoms with Crippen LogP contribution >= 0.6 is 11.6 Å². The Balaban J connectivity index is 2.07. The van der Waals surface area contributed by atoms with E-state index in [0.29, 0.717) is 5.02 Å². The smallest absolute Gasteiger partial charge is 0.415 e. The fourth-order valence-electron chi connectivity index (χ4n) is 2.98. The fourth-order valence-corrected chi connectivity index (χ4v) is 4.91. The van der Waals surface area contributed by atoms with Crippen LogP contribution in [0.2, 0.25) is 5.02 Å². The molecule has 0 aliphatic carbocycles. The Hall–Kier alpha value is -3.50. The highest BCUT2D eigenvalue weighted by atomic mass is 35.5. The zero-order valence-electron chi connectivity index (χ0n) is 17.2. The third-order valence-electron chi connectivity index (χ3n) is 4.34. The van der Waals surface area contributed by atoms with Gasteiger partial charge in [-0.2, -0.15) is 0 Å². The van der Waals surface area contributed by atoms with E-state index < -0.39 is 38.4 Å². The standard InChI is InChI=1S/C22H18ClF2N3O4S/c1-13(2)32-22(29)28-27-20-11-14(9-10-26-20)21(18-12-16(24)5-8-19(18)25)33(30,31)17-6-3-15(23)4-7-17/h3-12,21H,1H2,2H3,(H,26,27)(H,28,29). The molecule has 1 amide bonds. The van der Waals surface area contributed by atoms with Gasteiger partial charge in [0.2, 0.25) is 0 Å². The Morgan fingerprint density at radius 1 is 1.12 bits per heavy atom. The molecule has 0 saturated heterocycles. The largest absolute Gasteiger partial charge is 0.431 e. The van der Waals surface area contributed by atoms with Crippen molar-refractivity contribution in [1.82, 2.24) is 10.4 Å². The van der Waals surface area contributed by atoms with Gasteiger partial charge in [-0.3, -0.25) is 5.43 Å². The number of halogens is 3. The lowest BCUT2D eigenvalue weighted by atomic mass is 10.0. The summed E-state index contributed by atoms with van der Waals surface area (Å²) < 4.78 is 60.5. The van der Waals surface area contributed by atoms with Crippen LogP contribution < -0.4 is 10.9 Å². The summed E-state index contributed by atoms with van der Waals surface area (Å²) in [5, 5.41) is -1.31. The van der Waals surface area contributed by atoms with Gasteiger partial charge in [0.15, 0.2) is 9.84 Å². The molecule has 0 fully saturated rings. The van der Waals surface area contributed by atoms with Crippen molar-refractivity contribution in [1.29, 1.82) is 0 Å². The SMILES string of the molecule is C=C(C)OC(=O)NNc1cc(C(c2cc(F)ccc2F)S(=O)(=O)c2ccc(Cl)cc2)ccn1. The molecule has 172 valence electrons. The number of hydrogen-bond acceptors (Lipinski definition) is 6. The number of carbonyl (C=O) groups is 1. The highest BCUT2D eigenvalue weighted by Gasteiger charge is 2.33. The summed E-state index contributed by atoms with van der Waals surface area (Å²) in [6.07, 6.45) is 0.376. The first-order valence-corrected chi connectivity index (χ1v) is 11.3. The van der Waals surface area contributed by atoms with Crippen molar-refractivity contribution >= 4 is 33.3 Å². The summed E-state index contributed by atoms with van der Waals surface area (Å²) in [6, 6.07) is 10.5. The molecule has 7 nitrogen and oxygen atoms in total. The molecular weight excluding hydrogens is 476 g/mol. The van der Waals surface area contributed by atoms with Crippen molar-refractivity contribution in [3.63, 3.8) is 0 Å². The topological polar surface area (TPSA) is 97.4 Å². The molecule has 1 aromatic heterocycles. The maximum Gasteiger partial charge on any atom is 0.431 e. The molecular formula is C22H18ClF2N3O4S. The highest BCUT2D eigenvalue weighted by molar-refractivity contribution is 7.91. The number of amides is 1. The molecule has 2 N–H and O–H groups in total. The van der Waals surface area contributed by atoms with Crippen LogP contribution in [0.25, 0.3) is 0 Å². The van der Waals surface area contributed by atoms with Crippen LogP contribution in [0.4, 0.5) is 19.4 Å². The van der Waals surface area contributed by atoms with Gasteiger partial charge in [0.25, 0.3) is 0 Å². The minimum absolute atomic E-state index is 0.0271. The number of hydrazine groups is 1. The van der Waals surface area contributed by atoms with E-state index in [9.17, 15) is 22.0 Å². The molecule has 0 bridgehead atoms. The quantitative estimate of drug-likeness (QED) is 0.348. The van der Waals surface area contributed by atoms with E-state index in [1.807, 2.05) is 0 Å². The Labute approximate surface area is 194 Å². The van der Waals surface area contributed by atoms with Gasteiger partial charge in [0, 0.05) is 16.8 Å². The van der Waals surface area contributed by atoms with Gasteiger partial charge in [0.05, 0.1) is 10.7 Å². The van der Waals surface area contributed by atoms with Gasteiger partial charge in [-0.15, -0.1) is 0 Å². The van der Waals surface area contributed by atoms with Crippen molar-refractivity contribution in [2.24, 2.45) is 0 Å². The van der Waals surface area contributed by atoms with Crippen LogP contribution in [0.15, 0.2) is 78.0 Å². The molecule has 3 aromatic rings. The van der Waals surface area contributed by atoms with Crippen LogP contribution in [0.5, 0.6) is 0 Å². The lowest BCUT2D eigenvalue weighted by Gasteiger charge is -2.20. The number of anilines is 1. The van der Waals surface area contributed by atoms with Crippen molar-refractivity contribution < 1.29 is 26.7 Å². The van der Waals surface area contributed by atoms with Crippen LogP contribution in [-0.2, 0) is 14.6 Å². The molecule has 0 aliphatic rings. The molecule has 0 saturated carbocycles. The number of nitrogens with zero attached hydrogens (tertiary/aromatic N) is 1. The summed E-state index contributed by atoms with van der Waals surface area (Å²) in [5.74, 6) is -1.54. The second-order valence-electron chi connectivity index (χ2n) is 6.86. The van der Waals surface area contributed by atoms with Gasteiger partial charge in [0.1, 0.15) is 22.7 Å². The van der Waals surface area contributed by atoms with Gasteiger partial charge >= 0.3 is 6.09 Å². The maximum absolute atomic E-state index is 14.7. The van der Waals surface area contributed by atoms with Crippen LogP contribution in [0.1, 0.15) is 23.3 Å². The summed E-state index contributed by atoms with van der Waals surface area (Å²) in [4.78, 5) is 15.5. The van der Waals surface area contributed by atoms with Crippen molar-refractivity contribution in [2.75, 3.05) is 5.43 Å². The highest BCUT2D eigenvalue weighted by Crippen LogP contribution is 2.37. The lowest BCUT2D eigenvalue weighted by Crippen LogP contribution is -2.30. The van der Waals surface area contributed by atoms with Gasteiger partial charge in [-0.25, -0.2) is 32.4 Å². The normalized spacial score (nSPS) is 12.0. The third-order valence-corrected chi connectivity index (χ3v) is 6.67. The van der Waals surface area contributed by atoms with Crippen molar-refractivity contribution in [3.8, 4) is 0 Å². The Bertz CT molecular complexity index is 1300. The molecule has 2 aromatic carbocycles. The number of rotatable bonds is 7. The van der Waals surface area contributed by atoms with E-state index in [0.717, 1.165) is 18.2 Å². The average Bonchev–Trinajstić information content (AvgIpc) is 2.75. The zero-order chi connectivity index (χ0) is 24.2. The number of hydrogen-bond donors (Lipinski definition) is 2. The van der Waals surface area contributed by atoms with E-state index in [1.165, 1.54) is 49.5 Å². The van der Waals surface area contributed by atoms with Gasteiger partial charge < -0.3 is 4.74 Å². The summed E-state index contributed by atoms with van der Waals surface area (Å²) >= 11 is 5.86. The maximum atomic E-state index is 14.7. The predicted octanol–water partition coefficient (Wildman–Crippen LogP) is 5.16. The minimum Gasteiger partial charge on any atom is -0.415 e. The summed E-state index contributed by atoms with van der Waals surface area (Å²) in [7, 11) is -4.27. The van der Waals surface area contributed by atoms with E-state index in [-0.39, 0.29) is 22.0 Å². The first kappa shape index (κ1) is 24.1. The molecule has 33 heavy (non-hydrogen) atoms. The number of ether oxygens (including phenoxy) is 1. The predicted molar refractivity (Wildman–Crippen MR) is 119 cm³/mol. The number of allylic oxidation sites excluding steroid dienone is 1. The number of carbonyl (C=O) groups excluding carboxylic acids is 1. The van der Waals surface area contributed by atoms with E-state index in [1.54, 1.807) is 0 Å². The monoisotopic (exact) mass is 493 g/mol. The van der Waals surface area contributed by atoms with Crippen LogP contribution in [0, 0.1) is 11.6 Å². The summed E-state index contributed by atoms with van der Waals surface area (Å²) in [6.45, 7) is 4.90. The average molecular weight is 494 g/mol. The number of sulfone groups is 1. The minimum atomic E-state index is -4.27. The molecule has 3 rings (SSSR count). The Morgan fingerprint density at radius 2 is 1.82 bits per heavy atom. The Morgan fingerprint density at radius 3 is 2.48 bits per heavy atom. The molecule has 0 radical (unpaired) electrons. The van der Waals surface area contributed by atoms with Crippen LogP contribution in [0.3, 0.4) is 0 Å². The first-order valence-electron chi connectivity index (χ1n) is 9.37. The number of aromatic nitrogens is 1. The number of nitrogens with one attached hydrogen (secondary N) is 2. The molecule has 0 aliphatic heterocycles. The lowest BCUT2D eigenvalue weighted by molar-refractivity contribution is 0.179. The third kappa shape index (κ3) is 5.85. The van der Waals surface area contributed by atoms with Gasteiger partial charge in [-0.05, 0) is 67.1 Å². The van der Waals surface area contributed by atoms with E-state index in [2.05, 4.69) is 22.4 Å². The molecule has 11 heteroatoms. The zero-order valence-corrected chi connectivity index (χ0v) is 18.8. The molecule has 1 heterocycles. The van der Waals surface area contributed by atoms with Crippen LogP contribution in [-0.4, -0.2) is 19.5 Å². The van der Waals surface area contributed by atoms with E-state index in [4.69, 9.17) is 16.3 Å². The molecule has 0 spiro atoms. The second kappa shape index (κ2) is 9.97. The van der Waals surface area contributed by atoms with E-state index >= 15 is 0 Å². The Kier molecular flexibility index (Phi) is 7.29. The second-order valence-corrected chi connectivity index (χ2v) is 9.33. The number of pyridine rings is 1. The first-order chi connectivity index (χ1) is 15.6. The van der Waals surface area contributed by atoms with Crippen molar-refractivity contribution in [2.45, 2.75) is 17.1 Å². The fraction of sp³-hybridized carbons (Fsp3) is 0.0909. The van der Waals surface area contributed by atoms with Gasteiger partial charge in [-0.1, -0.05) is 18.2 Å².